The molecule has 2 aliphatic heterocycles. The molecule has 36 heavy (non-hydrogen) atoms. The van der Waals surface area contributed by atoms with Gasteiger partial charge < -0.3 is 15.1 Å². The van der Waals surface area contributed by atoms with Gasteiger partial charge in [-0.1, -0.05) is 31.4 Å². The van der Waals surface area contributed by atoms with Crippen LogP contribution in [0.1, 0.15) is 67.5 Å². The molecule has 3 heterocycles. The molecule has 2 fully saturated rings. The van der Waals surface area contributed by atoms with Gasteiger partial charge in [0.05, 0.1) is 6.04 Å². The minimum absolute atomic E-state index is 0.00492. The molecule has 1 aromatic carbocycles. The second kappa shape index (κ2) is 11.3. The number of carbonyl (C=O) groups excluding carboxylic acids is 2. The summed E-state index contributed by atoms with van der Waals surface area (Å²) in [5.41, 5.74) is 2.17. The third kappa shape index (κ3) is 5.59. The quantitative estimate of drug-likeness (QED) is 0.626. The Bertz CT molecular complexity index is 1070. The van der Waals surface area contributed by atoms with Crippen LogP contribution in [-0.2, 0) is 11.2 Å². The molecule has 1 saturated carbocycles. The maximum Gasteiger partial charge on any atom is 0.317 e. The molecular weight excluding hydrogens is 475 g/mol. The van der Waals surface area contributed by atoms with Crippen molar-refractivity contribution in [3.05, 3.63) is 57.5 Å². The Labute approximate surface area is 217 Å². The van der Waals surface area contributed by atoms with Crippen molar-refractivity contribution in [2.24, 2.45) is 0 Å². The number of hydrogen-bond acceptors (Lipinski definition) is 4. The number of thiophene rings is 1. The van der Waals surface area contributed by atoms with E-state index in [4.69, 9.17) is 0 Å². The lowest BCUT2D eigenvalue weighted by molar-refractivity contribution is -0.134. The van der Waals surface area contributed by atoms with Crippen LogP contribution >= 0.6 is 11.3 Å². The zero-order valence-corrected chi connectivity index (χ0v) is 21.9. The minimum atomic E-state index is -0.231. The Morgan fingerprint density at radius 1 is 1.11 bits per heavy atom. The van der Waals surface area contributed by atoms with Crippen LogP contribution in [0.15, 0.2) is 35.7 Å². The SMILES string of the molecule is C[C@H]1CN(C(=O)CCN2CCc3sccc3[C@H]2c2cccc(F)c2)CCN1C(=O)NC1CCCCC1. The van der Waals surface area contributed by atoms with Gasteiger partial charge in [0.15, 0.2) is 0 Å². The van der Waals surface area contributed by atoms with E-state index in [-0.39, 0.29) is 35.9 Å². The Balaban J connectivity index is 1.17. The van der Waals surface area contributed by atoms with Gasteiger partial charge in [0, 0.05) is 56.1 Å². The summed E-state index contributed by atoms with van der Waals surface area (Å²) in [7, 11) is 0. The highest BCUT2D eigenvalue weighted by Gasteiger charge is 2.33. The van der Waals surface area contributed by atoms with Crippen LogP contribution in [0.25, 0.3) is 0 Å². The second-order valence-electron chi connectivity index (χ2n) is 10.5. The van der Waals surface area contributed by atoms with Crippen LogP contribution in [0.2, 0.25) is 0 Å². The van der Waals surface area contributed by atoms with Crippen molar-refractivity contribution in [2.75, 3.05) is 32.7 Å². The van der Waals surface area contributed by atoms with E-state index in [9.17, 15) is 14.0 Å². The standard InChI is InChI=1S/C28H37FN4O2S/c1-20-19-32(15-16-33(20)28(35)30-23-8-3-2-4-9-23)26(34)11-14-31-13-10-25-24(12-17-36-25)27(31)21-6-5-7-22(29)18-21/h5-7,12,17-18,20,23,27H,2-4,8-11,13-16,19H2,1H3,(H,30,35)/t20-,27+/m0/s1. The van der Waals surface area contributed by atoms with E-state index >= 15 is 0 Å². The van der Waals surface area contributed by atoms with Gasteiger partial charge in [-0.25, -0.2) is 9.18 Å². The fourth-order valence-corrected chi connectivity index (χ4v) is 6.97. The Hall–Kier alpha value is -2.45. The van der Waals surface area contributed by atoms with Gasteiger partial charge in [0.25, 0.3) is 0 Å². The predicted octanol–water partition coefficient (Wildman–Crippen LogP) is 4.80. The molecule has 6 nitrogen and oxygen atoms in total. The number of fused-ring (bicyclic) bond motifs is 1. The molecule has 0 spiro atoms. The summed E-state index contributed by atoms with van der Waals surface area (Å²) in [6.07, 6.45) is 7.15. The average Bonchev–Trinajstić information content (AvgIpc) is 3.36. The molecule has 2 aromatic rings. The highest BCUT2D eigenvalue weighted by atomic mass is 32.1. The van der Waals surface area contributed by atoms with Crippen molar-refractivity contribution in [1.29, 1.82) is 0 Å². The lowest BCUT2D eigenvalue weighted by atomic mass is 9.93. The van der Waals surface area contributed by atoms with Crippen LogP contribution in [0.3, 0.4) is 0 Å². The average molecular weight is 513 g/mol. The van der Waals surface area contributed by atoms with E-state index < -0.39 is 0 Å². The molecule has 1 aliphatic carbocycles. The zero-order chi connectivity index (χ0) is 25.1. The van der Waals surface area contributed by atoms with E-state index in [0.29, 0.717) is 32.6 Å². The van der Waals surface area contributed by atoms with E-state index in [2.05, 4.69) is 21.7 Å². The summed E-state index contributed by atoms with van der Waals surface area (Å²) in [4.78, 5) is 33.5. The lowest BCUT2D eigenvalue weighted by Crippen LogP contribution is -2.59. The van der Waals surface area contributed by atoms with Crippen molar-refractivity contribution in [3.63, 3.8) is 0 Å². The number of halogens is 1. The van der Waals surface area contributed by atoms with Gasteiger partial charge in [0.1, 0.15) is 5.82 Å². The number of benzene rings is 1. The van der Waals surface area contributed by atoms with Crippen molar-refractivity contribution >= 4 is 23.3 Å². The topological polar surface area (TPSA) is 55.9 Å². The van der Waals surface area contributed by atoms with Crippen molar-refractivity contribution < 1.29 is 14.0 Å². The van der Waals surface area contributed by atoms with Gasteiger partial charge in [-0.3, -0.25) is 9.69 Å². The normalized spacial score (nSPS) is 23.4. The van der Waals surface area contributed by atoms with Crippen molar-refractivity contribution in [2.45, 2.75) is 70.0 Å². The fourth-order valence-electron chi connectivity index (χ4n) is 6.06. The van der Waals surface area contributed by atoms with E-state index in [1.807, 2.05) is 22.8 Å². The summed E-state index contributed by atoms with van der Waals surface area (Å²) in [6.45, 7) is 5.23. The summed E-state index contributed by atoms with van der Waals surface area (Å²) in [5.74, 6) is -0.103. The molecule has 3 aliphatic rings. The first-order chi connectivity index (χ1) is 17.5. The van der Waals surface area contributed by atoms with Gasteiger partial charge in [0.2, 0.25) is 5.91 Å². The number of nitrogens with zero attached hydrogens (tertiary/aromatic N) is 3. The van der Waals surface area contributed by atoms with Crippen LogP contribution in [0.5, 0.6) is 0 Å². The van der Waals surface area contributed by atoms with Gasteiger partial charge in [-0.05, 0) is 60.9 Å². The molecule has 0 unspecified atom stereocenters. The number of carbonyl (C=O) groups is 2. The number of hydrogen-bond donors (Lipinski definition) is 1. The van der Waals surface area contributed by atoms with Crippen molar-refractivity contribution in [1.82, 2.24) is 20.0 Å². The Kier molecular flexibility index (Phi) is 7.91. The molecule has 194 valence electrons. The first-order valence-electron chi connectivity index (χ1n) is 13.4. The third-order valence-electron chi connectivity index (χ3n) is 8.02. The van der Waals surface area contributed by atoms with Gasteiger partial charge in [-0.2, -0.15) is 0 Å². The molecule has 5 rings (SSSR count). The third-order valence-corrected chi connectivity index (χ3v) is 9.01. The van der Waals surface area contributed by atoms with Crippen molar-refractivity contribution in [3.8, 4) is 0 Å². The number of rotatable bonds is 5. The number of urea groups is 1. The van der Waals surface area contributed by atoms with E-state index in [0.717, 1.165) is 31.4 Å². The minimum Gasteiger partial charge on any atom is -0.339 e. The Morgan fingerprint density at radius 3 is 2.72 bits per heavy atom. The number of nitrogens with one attached hydrogen (secondary N) is 1. The highest BCUT2D eigenvalue weighted by molar-refractivity contribution is 7.10. The molecular formula is C28H37FN4O2S. The molecule has 0 radical (unpaired) electrons. The second-order valence-corrected chi connectivity index (χ2v) is 11.5. The fraction of sp³-hybridized carbons (Fsp3) is 0.571. The van der Waals surface area contributed by atoms with Gasteiger partial charge in [-0.15, -0.1) is 11.3 Å². The monoisotopic (exact) mass is 512 g/mol. The molecule has 1 N–H and O–H groups in total. The maximum absolute atomic E-state index is 14.1. The lowest BCUT2D eigenvalue weighted by Gasteiger charge is -2.41. The number of piperazine rings is 1. The summed E-state index contributed by atoms with van der Waals surface area (Å²) in [5, 5.41) is 5.32. The molecule has 3 amide bonds. The molecule has 0 bridgehead atoms. The summed E-state index contributed by atoms with van der Waals surface area (Å²) >= 11 is 1.76. The summed E-state index contributed by atoms with van der Waals surface area (Å²) in [6, 6.07) is 9.25. The largest absolute Gasteiger partial charge is 0.339 e. The van der Waals surface area contributed by atoms with E-state index in [1.165, 1.54) is 35.8 Å². The molecule has 1 saturated heterocycles. The van der Waals surface area contributed by atoms with E-state index in [1.54, 1.807) is 23.5 Å². The first-order valence-corrected chi connectivity index (χ1v) is 14.3. The van der Waals surface area contributed by atoms with Crippen LogP contribution < -0.4 is 5.32 Å². The van der Waals surface area contributed by atoms with Crippen LogP contribution in [0, 0.1) is 5.82 Å². The maximum atomic E-state index is 14.1. The van der Waals surface area contributed by atoms with Gasteiger partial charge >= 0.3 is 6.03 Å². The highest BCUT2D eigenvalue weighted by Crippen LogP contribution is 2.38. The van der Waals surface area contributed by atoms with Crippen LogP contribution in [0.4, 0.5) is 9.18 Å². The zero-order valence-electron chi connectivity index (χ0n) is 21.1. The molecule has 8 heteroatoms. The van der Waals surface area contributed by atoms with Crippen LogP contribution in [-0.4, -0.2) is 71.4 Å². The Morgan fingerprint density at radius 2 is 1.94 bits per heavy atom. The number of amides is 3. The summed E-state index contributed by atoms with van der Waals surface area (Å²) < 4.78 is 14.1. The molecule has 2 atom stereocenters. The smallest absolute Gasteiger partial charge is 0.317 e. The first kappa shape index (κ1) is 25.2. The predicted molar refractivity (Wildman–Crippen MR) is 141 cm³/mol. The molecule has 1 aromatic heterocycles.